The van der Waals surface area contributed by atoms with Crippen molar-refractivity contribution in [3.8, 4) is 11.5 Å². The molecule has 4 rings (SSSR count). The van der Waals surface area contributed by atoms with Crippen molar-refractivity contribution in [2.75, 3.05) is 0 Å². The molecule has 0 aromatic heterocycles. The molecule has 37 heavy (non-hydrogen) atoms. The Hall–Kier alpha value is -3.06. The molecule has 1 atom stereocenters. The number of phenols is 2. The number of amides is 1. The Morgan fingerprint density at radius 1 is 1.00 bits per heavy atom. The average molecular weight is 509 g/mol. The van der Waals surface area contributed by atoms with Crippen LogP contribution in [0, 0.1) is 5.92 Å². The van der Waals surface area contributed by atoms with Gasteiger partial charge in [-0.25, -0.2) is 0 Å². The van der Waals surface area contributed by atoms with Gasteiger partial charge >= 0.3 is 5.97 Å². The quantitative estimate of drug-likeness (QED) is 0.394. The highest BCUT2D eigenvalue weighted by Crippen LogP contribution is 2.34. The molecule has 7 heteroatoms. The molecule has 0 saturated heterocycles. The highest BCUT2D eigenvalue weighted by Gasteiger charge is 2.29. The van der Waals surface area contributed by atoms with Crippen LogP contribution in [0.25, 0.3) is 0 Å². The standard InChI is InChI=1S/C30H40N2O5/c1-18(2)11-26(30(36)37-23-7-5-6-8-23)31-15-20-9-10-21-16-32(17-22(21)12-20)29(35)25-13-24(19(3)4)27(33)14-28(25)34/h9-10,12-14,18-19,23,26,31,33-34H,5-8,11,15-17H2,1-4H3. The van der Waals surface area contributed by atoms with E-state index in [4.69, 9.17) is 4.74 Å². The molecule has 0 bridgehead atoms. The van der Waals surface area contributed by atoms with E-state index in [0.717, 1.165) is 42.4 Å². The molecule has 2 aliphatic rings. The van der Waals surface area contributed by atoms with Crippen LogP contribution in [0.2, 0.25) is 0 Å². The Labute approximate surface area is 219 Å². The van der Waals surface area contributed by atoms with Crippen molar-refractivity contribution in [1.82, 2.24) is 10.2 Å². The van der Waals surface area contributed by atoms with Gasteiger partial charge in [0.15, 0.2) is 0 Å². The van der Waals surface area contributed by atoms with Crippen molar-refractivity contribution in [3.63, 3.8) is 0 Å². The predicted octanol–water partition coefficient (Wildman–Crippen LogP) is 5.37. The summed E-state index contributed by atoms with van der Waals surface area (Å²) in [5, 5.41) is 23.9. The number of nitrogens with zero attached hydrogens (tertiary/aromatic N) is 1. The van der Waals surface area contributed by atoms with Gasteiger partial charge in [-0.3, -0.25) is 9.59 Å². The molecule has 1 amide bonds. The van der Waals surface area contributed by atoms with E-state index in [1.54, 1.807) is 11.0 Å². The molecule has 200 valence electrons. The second kappa shape index (κ2) is 11.5. The number of fused-ring (bicyclic) bond motifs is 1. The Balaban J connectivity index is 1.41. The lowest BCUT2D eigenvalue weighted by molar-refractivity contribution is -0.151. The van der Waals surface area contributed by atoms with Gasteiger partial charge in [-0.1, -0.05) is 45.9 Å². The van der Waals surface area contributed by atoms with Gasteiger partial charge < -0.3 is 25.2 Å². The van der Waals surface area contributed by atoms with E-state index in [0.29, 0.717) is 37.5 Å². The summed E-state index contributed by atoms with van der Waals surface area (Å²) in [7, 11) is 0. The fraction of sp³-hybridized carbons (Fsp3) is 0.533. The molecule has 1 unspecified atom stereocenters. The first-order valence-corrected chi connectivity index (χ1v) is 13.5. The number of hydrogen-bond acceptors (Lipinski definition) is 6. The first kappa shape index (κ1) is 27.0. The molecule has 1 fully saturated rings. The first-order chi connectivity index (χ1) is 17.6. The zero-order valence-corrected chi connectivity index (χ0v) is 22.4. The van der Waals surface area contributed by atoms with Crippen LogP contribution >= 0.6 is 0 Å². The van der Waals surface area contributed by atoms with Gasteiger partial charge in [0.05, 0.1) is 5.56 Å². The van der Waals surface area contributed by atoms with Crippen LogP contribution in [-0.4, -0.2) is 39.1 Å². The first-order valence-electron chi connectivity index (χ1n) is 13.5. The van der Waals surface area contributed by atoms with E-state index in [-0.39, 0.29) is 47.0 Å². The van der Waals surface area contributed by atoms with Crippen LogP contribution in [0.5, 0.6) is 11.5 Å². The van der Waals surface area contributed by atoms with Crippen molar-refractivity contribution in [2.24, 2.45) is 5.92 Å². The monoisotopic (exact) mass is 508 g/mol. The second-order valence-corrected chi connectivity index (χ2v) is 11.3. The summed E-state index contributed by atoms with van der Waals surface area (Å²) in [5.74, 6) is -0.258. The SMILES string of the molecule is CC(C)CC(NCc1ccc2c(c1)CN(C(=O)c1cc(C(C)C)c(O)cc1O)C2)C(=O)OC1CCCC1. The number of benzene rings is 2. The van der Waals surface area contributed by atoms with E-state index in [1.165, 1.54) is 6.07 Å². The van der Waals surface area contributed by atoms with Gasteiger partial charge in [-0.15, -0.1) is 0 Å². The maximum Gasteiger partial charge on any atom is 0.323 e. The third kappa shape index (κ3) is 6.45. The van der Waals surface area contributed by atoms with E-state index >= 15 is 0 Å². The molecule has 0 spiro atoms. The molecule has 1 aliphatic heterocycles. The summed E-state index contributed by atoms with van der Waals surface area (Å²) in [5.41, 5.74) is 4.01. The van der Waals surface area contributed by atoms with Crippen molar-refractivity contribution in [3.05, 3.63) is 58.1 Å². The van der Waals surface area contributed by atoms with Gasteiger partial charge in [0, 0.05) is 25.7 Å². The molecule has 7 nitrogen and oxygen atoms in total. The number of carbonyl (C=O) groups is 2. The smallest absolute Gasteiger partial charge is 0.323 e. The molecule has 0 radical (unpaired) electrons. The fourth-order valence-electron chi connectivity index (χ4n) is 5.33. The van der Waals surface area contributed by atoms with E-state index in [2.05, 4.69) is 25.2 Å². The van der Waals surface area contributed by atoms with Crippen molar-refractivity contribution in [1.29, 1.82) is 0 Å². The number of phenolic OH excluding ortho intramolecular Hbond substituents is 2. The van der Waals surface area contributed by atoms with Gasteiger partial charge in [0.2, 0.25) is 0 Å². The van der Waals surface area contributed by atoms with Crippen LogP contribution in [0.15, 0.2) is 30.3 Å². The summed E-state index contributed by atoms with van der Waals surface area (Å²) in [6, 6.07) is 8.64. The minimum absolute atomic E-state index is 0.00575. The number of nitrogens with one attached hydrogen (secondary N) is 1. The summed E-state index contributed by atoms with van der Waals surface area (Å²) < 4.78 is 5.78. The van der Waals surface area contributed by atoms with Gasteiger partial charge in [-0.05, 0) is 72.3 Å². The number of hydrogen-bond donors (Lipinski definition) is 3. The zero-order valence-electron chi connectivity index (χ0n) is 22.4. The van der Waals surface area contributed by atoms with Gasteiger partial charge in [-0.2, -0.15) is 0 Å². The third-order valence-corrected chi connectivity index (χ3v) is 7.41. The van der Waals surface area contributed by atoms with Crippen molar-refractivity contribution >= 4 is 11.9 Å². The van der Waals surface area contributed by atoms with Crippen LogP contribution in [-0.2, 0) is 29.2 Å². The van der Waals surface area contributed by atoms with Gasteiger partial charge in [0.25, 0.3) is 5.91 Å². The number of carbonyl (C=O) groups excluding carboxylic acids is 2. The summed E-state index contributed by atoms with van der Waals surface area (Å²) in [6.07, 6.45) is 4.94. The summed E-state index contributed by atoms with van der Waals surface area (Å²) in [4.78, 5) is 27.8. The summed E-state index contributed by atoms with van der Waals surface area (Å²) >= 11 is 0. The minimum Gasteiger partial charge on any atom is -0.508 e. The minimum atomic E-state index is -0.348. The summed E-state index contributed by atoms with van der Waals surface area (Å²) in [6.45, 7) is 9.52. The third-order valence-electron chi connectivity index (χ3n) is 7.41. The van der Waals surface area contributed by atoms with E-state index < -0.39 is 0 Å². The largest absolute Gasteiger partial charge is 0.508 e. The van der Waals surface area contributed by atoms with Crippen LogP contribution in [0.3, 0.4) is 0 Å². The van der Waals surface area contributed by atoms with Gasteiger partial charge in [0.1, 0.15) is 23.6 Å². The Kier molecular flexibility index (Phi) is 8.42. The molecule has 1 aliphatic carbocycles. The maximum atomic E-state index is 13.3. The molecule has 1 heterocycles. The highest BCUT2D eigenvalue weighted by atomic mass is 16.5. The van der Waals surface area contributed by atoms with Crippen molar-refractivity contribution < 1.29 is 24.5 Å². The number of esters is 1. The lowest BCUT2D eigenvalue weighted by Crippen LogP contribution is -2.40. The number of rotatable bonds is 9. The Morgan fingerprint density at radius 2 is 1.70 bits per heavy atom. The normalized spacial score (nSPS) is 16.4. The fourth-order valence-corrected chi connectivity index (χ4v) is 5.33. The molecule has 2 aromatic carbocycles. The lowest BCUT2D eigenvalue weighted by atomic mass is 9.98. The Bertz CT molecular complexity index is 1140. The van der Waals surface area contributed by atoms with Crippen LogP contribution in [0.4, 0.5) is 0 Å². The average Bonchev–Trinajstić information content (AvgIpc) is 3.50. The predicted molar refractivity (Wildman–Crippen MR) is 142 cm³/mol. The molecule has 2 aromatic rings. The van der Waals surface area contributed by atoms with E-state index in [1.807, 2.05) is 26.0 Å². The van der Waals surface area contributed by atoms with E-state index in [9.17, 15) is 19.8 Å². The van der Waals surface area contributed by atoms with Crippen LogP contribution < -0.4 is 5.32 Å². The zero-order chi connectivity index (χ0) is 26.7. The molecular weight excluding hydrogens is 468 g/mol. The highest BCUT2D eigenvalue weighted by molar-refractivity contribution is 5.97. The maximum absolute atomic E-state index is 13.3. The topological polar surface area (TPSA) is 99.1 Å². The second-order valence-electron chi connectivity index (χ2n) is 11.3. The number of aromatic hydroxyl groups is 2. The molecular formula is C30H40N2O5. The Morgan fingerprint density at radius 3 is 2.38 bits per heavy atom. The van der Waals surface area contributed by atoms with Crippen LogP contribution in [0.1, 0.15) is 98.3 Å². The number of ether oxygens (including phenoxy) is 1. The lowest BCUT2D eigenvalue weighted by Gasteiger charge is -2.22. The van der Waals surface area contributed by atoms with Crippen molar-refractivity contribution in [2.45, 2.75) is 97.5 Å². The molecule has 1 saturated carbocycles. The molecule has 3 N–H and O–H groups in total.